The second-order valence-electron chi connectivity index (χ2n) is 3.16. The highest BCUT2D eigenvalue weighted by molar-refractivity contribution is 5.53. The second-order valence-corrected chi connectivity index (χ2v) is 3.16. The Morgan fingerprint density at radius 2 is 1.63 bits per heavy atom. The summed E-state index contributed by atoms with van der Waals surface area (Å²) in [7, 11) is 0. The van der Waals surface area contributed by atoms with E-state index in [4.69, 9.17) is 5.73 Å². The van der Waals surface area contributed by atoms with E-state index in [1.807, 2.05) is 0 Å². The third kappa shape index (κ3) is 3.83. The number of pyridine rings is 1. The van der Waals surface area contributed by atoms with Gasteiger partial charge in [0.25, 0.3) is 6.43 Å². The summed E-state index contributed by atoms with van der Waals surface area (Å²) in [6.45, 7) is 0. The third-order valence-corrected chi connectivity index (χ3v) is 1.77. The van der Waals surface area contributed by atoms with E-state index in [0.29, 0.717) is 0 Å². The van der Waals surface area contributed by atoms with Crippen LogP contribution < -0.4 is 10.5 Å². The number of alkyl halides is 8. The first-order valence-electron chi connectivity index (χ1n) is 4.33. The Balaban J connectivity index is 3.40. The van der Waals surface area contributed by atoms with Crippen LogP contribution in [0.25, 0.3) is 0 Å². The van der Waals surface area contributed by atoms with Gasteiger partial charge in [-0.05, 0) is 0 Å². The number of aromatic nitrogens is 1. The molecule has 11 heteroatoms. The fourth-order valence-corrected chi connectivity index (χ4v) is 1.17. The van der Waals surface area contributed by atoms with Crippen LogP contribution in [0, 0.1) is 0 Å². The fourth-order valence-electron chi connectivity index (χ4n) is 1.17. The van der Waals surface area contributed by atoms with Crippen LogP contribution >= 0.6 is 0 Å². The largest absolute Gasteiger partial charge is 0.574 e. The summed E-state index contributed by atoms with van der Waals surface area (Å²) in [5.41, 5.74) is -0.239. The number of anilines is 1. The SMILES string of the molecule is Nc1cc(OC(F)(F)F)nc(C(F)(F)F)c1C(F)F. The van der Waals surface area contributed by atoms with Crippen molar-refractivity contribution in [2.24, 2.45) is 0 Å². The van der Waals surface area contributed by atoms with Gasteiger partial charge in [-0.2, -0.15) is 13.2 Å². The van der Waals surface area contributed by atoms with E-state index < -0.39 is 41.8 Å². The van der Waals surface area contributed by atoms with Gasteiger partial charge in [0, 0.05) is 11.8 Å². The van der Waals surface area contributed by atoms with Crippen LogP contribution in [0.1, 0.15) is 17.7 Å². The summed E-state index contributed by atoms with van der Waals surface area (Å²) in [6, 6.07) is 0.143. The Bertz CT molecular complexity index is 467. The van der Waals surface area contributed by atoms with Gasteiger partial charge in [-0.15, -0.1) is 13.2 Å². The van der Waals surface area contributed by atoms with Crippen molar-refractivity contribution in [3.05, 3.63) is 17.3 Å². The van der Waals surface area contributed by atoms with E-state index in [2.05, 4.69) is 9.72 Å². The fraction of sp³-hybridized carbons (Fsp3) is 0.375. The molecule has 0 spiro atoms. The molecule has 108 valence electrons. The van der Waals surface area contributed by atoms with Crippen LogP contribution in [0.2, 0.25) is 0 Å². The molecule has 0 amide bonds. The minimum Gasteiger partial charge on any atom is -0.398 e. The number of hydrogen-bond acceptors (Lipinski definition) is 3. The lowest BCUT2D eigenvalue weighted by molar-refractivity contribution is -0.276. The zero-order chi connectivity index (χ0) is 15.0. The van der Waals surface area contributed by atoms with Crippen molar-refractivity contribution in [2.45, 2.75) is 19.0 Å². The number of ether oxygens (including phenoxy) is 1. The van der Waals surface area contributed by atoms with Crippen LogP contribution in [0.5, 0.6) is 5.88 Å². The van der Waals surface area contributed by atoms with Gasteiger partial charge >= 0.3 is 12.5 Å². The highest BCUT2D eigenvalue weighted by Crippen LogP contribution is 2.40. The highest BCUT2D eigenvalue weighted by atomic mass is 19.4. The predicted molar refractivity (Wildman–Crippen MR) is 45.3 cm³/mol. The van der Waals surface area contributed by atoms with E-state index in [0.717, 1.165) is 0 Å². The lowest BCUT2D eigenvalue weighted by Crippen LogP contribution is -2.21. The first-order chi connectivity index (χ1) is 8.42. The summed E-state index contributed by atoms with van der Waals surface area (Å²) in [5, 5.41) is 0. The van der Waals surface area contributed by atoms with Gasteiger partial charge in [-0.3, -0.25) is 0 Å². The van der Waals surface area contributed by atoms with Gasteiger partial charge in [0.2, 0.25) is 5.88 Å². The second kappa shape index (κ2) is 4.70. The molecular weight excluding hydrogens is 292 g/mol. The van der Waals surface area contributed by atoms with Crippen molar-refractivity contribution in [1.82, 2.24) is 4.98 Å². The Hall–Kier alpha value is -1.81. The van der Waals surface area contributed by atoms with Crippen molar-refractivity contribution in [1.29, 1.82) is 0 Å². The van der Waals surface area contributed by atoms with Crippen molar-refractivity contribution < 1.29 is 39.9 Å². The van der Waals surface area contributed by atoms with E-state index in [9.17, 15) is 35.1 Å². The van der Waals surface area contributed by atoms with Gasteiger partial charge in [0.1, 0.15) is 0 Å². The number of nitrogen functional groups attached to an aromatic ring is 1. The number of hydrogen-bond donors (Lipinski definition) is 1. The monoisotopic (exact) mass is 296 g/mol. The van der Waals surface area contributed by atoms with Crippen LogP contribution in [0.15, 0.2) is 6.07 Å². The molecule has 19 heavy (non-hydrogen) atoms. The zero-order valence-electron chi connectivity index (χ0n) is 8.61. The van der Waals surface area contributed by atoms with Gasteiger partial charge < -0.3 is 10.5 Å². The van der Waals surface area contributed by atoms with Gasteiger partial charge in [0.05, 0.1) is 5.56 Å². The lowest BCUT2D eigenvalue weighted by atomic mass is 10.1. The molecule has 0 saturated carbocycles. The molecule has 0 aliphatic heterocycles. The summed E-state index contributed by atoms with van der Waals surface area (Å²) in [5.74, 6) is -1.57. The Morgan fingerprint density at radius 3 is 2.00 bits per heavy atom. The smallest absolute Gasteiger partial charge is 0.398 e. The third-order valence-electron chi connectivity index (χ3n) is 1.77. The molecule has 0 fully saturated rings. The molecule has 2 N–H and O–H groups in total. The first kappa shape index (κ1) is 15.2. The van der Waals surface area contributed by atoms with Crippen LogP contribution in [0.3, 0.4) is 0 Å². The molecule has 0 saturated heterocycles. The molecule has 1 aromatic rings. The van der Waals surface area contributed by atoms with E-state index in [1.54, 1.807) is 0 Å². The van der Waals surface area contributed by atoms with Crippen molar-refractivity contribution >= 4 is 5.69 Å². The van der Waals surface area contributed by atoms with Crippen LogP contribution in [-0.2, 0) is 6.18 Å². The van der Waals surface area contributed by atoms with E-state index >= 15 is 0 Å². The number of nitrogens with two attached hydrogens (primary N) is 1. The maximum atomic E-state index is 12.4. The first-order valence-corrected chi connectivity index (χ1v) is 4.33. The maximum absolute atomic E-state index is 12.4. The summed E-state index contributed by atoms with van der Waals surface area (Å²) >= 11 is 0. The highest BCUT2D eigenvalue weighted by Gasteiger charge is 2.41. The zero-order valence-corrected chi connectivity index (χ0v) is 8.61. The standard InChI is InChI=1S/C8H4F8N2O/c9-6(10)4-2(17)1-3(19-8(14,15)16)18-5(4)7(11,12)13/h1,6H,(H2,17,18). The van der Waals surface area contributed by atoms with Gasteiger partial charge in [-0.1, -0.05) is 0 Å². The minimum absolute atomic E-state index is 0.143. The Morgan fingerprint density at radius 1 is 1.11 bits per heavy atom. The normalized spacial score (nSPS) is 12.9. The molecule has 0 atom stereocenters. The number of rotatable bonds is 2. The van der Waals surface area contributed by atoms with Crippen molar-refractivity contribution in [2.75, 3.05) is 5.73 Å². The molecule has 1 heterocycles. The molecule has 0 unspecified atom stereocenters. The Labute approximate surface area is 99.5 Å². The number of halogens is 8. The Kier molecular flexibility index (Phi) is 3.77. The maximum Gasteiger partial charge on any atom is 0.574 e. The van der Waals surface area contributed by atoms with E-state index in [1.165, 1.54) is 0 Å². The molecule has 1 aromatic heterocycles. The molecule has 3 nitrogen and oxygen atoms in total. The average Bonchev–Trinajstić information content (AvgIpc) is 2.11. The molecule has 0 aromatic carbocycles. The molecule has 0 radical (unpaired) electrons. The van der Waals surface area contributed by atoms with Crippen LogP contribution in [0.4, 0.5) is 40.8 Å². The van der Waals surface area contributed by atoms with Crippen molar-refractivity contribution in [3.63, 3.8) is 0 Å². The molecular formula is C8H4F8N2O. The summed E-state index contributed by atoms with van der Waals surface area (Å²) in [6.07, 6.45) is -14.4. The molecule has 0 aliphatic rings. The lowest BCUT2D eigenvalue weighted by Gasteiger charge is -2.16. The number of nitrogens with zero attached hydrogens (tertiary/aromatic N) is 1. The summed E-state index contributed by atoms with van der Waals surface area (Å²) < 4.78 is 101. The average molecular weight is 296 g/mol. The van der Waals surface area contributed by atoms with Gasteiger partial charge in [-0.25, -0.2) is 13.8 Å². The predicted octanol–water partition coefficient (Wildman–Crippen LogP) is 3.52. The quantitative estimate of drug-likeness (QED) is 0.849. The topological polar surface area (TPSA) is 48.1 Å². The van der Waals surface area contributed by atoms with E-state index in [-0.39, 0.29) is 6.07 Å². The van der Waals surface area contributed by atoms with Crippen LogP contribution in [-0.4, -0.2) is 11.3 Å². The molecule has 0 bridgehead atoms. The van der Waals surface area contributed by atoms with Gasteiger partial charge in [0.15, 0.2) is 5.69 Å². The molecule has 0 aliphatic carbocycles. The summed E-state index contributed by atoms with van der Waals surface area (Å²) in [4.78, 5) is 2.38. The molecule has 1 rings (SSSR count). The minimum atomic E-state index is -5.40. The van der Waals surface area contributed by atoms with Crippen molar-refractivity contribution in [3.8, 4) is 5.88 Å².